The van der Waals surface area contributed by atoms with Crippen molar-refractivity contribution < 1.29 is 19.1 Å². The van der Waals surface area contributed by atoms with Crippen LogP contribution in [0.1, 0.15) is 47.0 Å². The third-order valence-corrected chi connectivity index (χ3v) is 2.95. The summed E-state index contributed by atoms with van der Waals surface area (Å²) < 4.78 is 10.5. The van der Waals surface area contributed by atoms with Crippen molar-refractivity contribution in [3.05, 3.63) is 0 Å². The predicted octanol–water partition coefficient (Wildman–Crippen LogP) is 0.978. The minimum Gasteiger partial charge on any atom is -0.375 e. The average Bonchev–Trinajstić information content (AvgIpc) is 2.25. The molecular formula is C14H28N2O4. The van der Waals surface area contributed by atoms with Gasteiger partial charge in [-0.15, -0.1) is 0 Å². The SMILES string of the molecule is COCC(=O)NC(C)(C)CCOC(C)(C)CCC(N)=O. The van der Waals surface area contributed by atoms with Crippen molar-refractivity contribution in [1.82, 2.24) is 5.32 Å². The molecule has 0 radical (unpaired) electrons. The molecule has 0 aliphatic rings. The first-order valence-corrected chi connectivity index (χ1v) is 6.80. The summed E-state index contributed by atoms with van der Waals surface area (Å²) in [5.74, 6) is -0.473. The number of amides is 2. The Morgan fingerprint density at radius 1 is 1.15 bits per heavy atom. The maximum absolute atomic E-state index is 11.5. The fourth-order valence-electron chi connectivity index (χ4n) is 1.69. The maximum Gasteiger partial charge on any atom is 0.246 e. The molecule has 0 saturated carbocycles. The van der Waals surface area contributed by atoms with Gasteiger partial charge in [0.05, 0.1) is 5.60 Å². The molecule has 0 spiro atoms. The van der Waals surface area contributed by atoms with E-state index in [1.807, 2.05) is 27.7 Å². The Morgan fingerprint density at radius 3 is 2.25 bits per heavy atom. The molecular weight excluding hydrogens is 260 g/mol. The molecule has 0 aliphatic carbocycles. The van der Waals surface area contributed by atoms with E-state index < -0.39 is 5.60 Å². The van der Waals surface area contributed by atoms with Gasteiger partial charge in [0.2, 0.25) is 11.8 Å². The van der Waals surface area contributed by atoms with Crippen LogP contribution in [0.25, 0.3) is 0 Å². The summed E-state index contributed by atoms with van der Waals surface area (Å²) in [5.41, 5.74) is 4.36. The number of methoxy groups -OCH3 is 1. The van der Waals surface area contributed by atoms with Crippen molar-refractivity contribution in [2.75, 3.05) is 20.3 Å². The van der Waals surface area contributed by atoms with E-state index in [1.54, 1.807) is 0 Å². The minimum atomic E-state index is -0.401. The van der Waals surface area contributed by atoms with Crippen molar-refractivity contribution in [1.29, 1.82) is 0 Å². The zero-order valence-corrected chi connectivity index (χ0v) is 13.2. The van der Waals surface area contributed by atoms with Gasteiger partial charge in [0.25, 0.3) is 0 Å². The second kappa shape index (κ2) is 8.21. The fourth-order valence-corrected chi connectivity index (χ4v) is 1.69. The normalized spacial score (nSPS) is 12.2. The molecule has 20 heavy (non-hydrogen) atoms. The summed E-state index contributed by atoms with van der Waals surface area (Å²) in [5, 5.41) is 2.88. The molecule has 3 N–H and O–H groups in total. The Morgan fingerprint density at radius 2 is 1.75 bits per heavy atom. The number of carbonyl (C=O) groups is 2. The number of nitrogens with one attached hydrogen (secondary N) is 1. The van der Waals surface area contributed by atoms with Gasteiger partial charge < -0.3 is 20.5 Å². The van der Waals surface area contributed by atoms with Crippen LogP contribution in [0.2, 0.25) is 0 Å². The van der Waals surface area contributed by atoms with E-state index in [0.717, 1.165) is 0 Å². The van der Waals surface area contributed by atoms with Gasteiger partial charge in [-0.1, -0.05) is 0 Å². The third-order valence-electron chi connectivity index (χ3n) is 2.95. The number of carbonyl (C=O) groups excluding carboxylic acids is 2. The smallest absolute Gasteiger partial charge is 0.246 e. The molecule has 118 valence electrons. The van der Waals surface area contributed by atoms with Crippen molar-refractivity contribution >= 4 is 11.8 Å². The number of primary amides is 1. The van der Waals surface area contributed by atoms with Crippen molar-refractivity contribution in [2.24, 2.45) is 5.73 Å². The summed E-state index contributed by atoms with van der Waals surface area (Å²) in [6.45, 7) is 8.25. The van der Waals surface area contributed by atoms with Crippen LogP contribution >= 0.6 is 0 Å². The average molecular weight is 288 g/mol. The van der Waals surface area contributed by atoms with Crippen LogP contribution in [0.4, 0.5) is 0 Å². The molecule has 0 atom stereocenters. The zero-order valence-electron chi connectivity index (χ0n) is 13.2. The van der Waals surface area contributed by atoms with Gasteiger partial charge in [0.1, 0.15) is 6.61 Å². The lowest BCUT2D eigenvalue weighted by molar-refractivity contribution is -0.127. The molecule has 0 fully saturated rings. The van der Waals surface area contributed by atoms with E-state index in [9.17, 15) is 9.59 Å². The fraction of sp³-hybridized carbons (Fsp3) is 0.857. The van der Waals surface area contributed by atoms with Crippen LogP contribution in [0.3, 0.4) is 0 Å². The highest BCUT2D eigenvalue weighted by atomic mass is 16.5. The lowest BCUT2D eigenvalue weighted by Gasteiger charge is -2.30. The molecule has 0 unspecified atom stereocenters. The van der Waals surface area contributed by atoms with Crippen LogP contribution in [-0.2, 0) is 19.1 Å². The van der Waals surface area contributed by atoms with Gasteiger partial charge in [0, 0.05) is 25.7 Å². The third kappa shape index (κ3) is 9.75. The van der Waals surface area contributed by atoms with E-state index in [2.05, 4.69) is 5.32 Å². The maximum atomic E-state index is 11.5. The predicted molar refractivity (Wildman–Crippen MR) is 77.2 cm³/mol. The molecule has 6 heteroatoms. The van der Waals surface area contributed by atoms with E-state index in [4.69, 9.17) is 15.2 Å². The van der Waals surface area contributed by atoms with Crippen molar-refractivity contribution in [2.45, 2.75) is 58.1 Å². The van der Waals surface area contributed by atoms with Gasteiger partial charge in [-0.2, -0.15) is 0 Å². The topological polar surface area (TPSA) is 90.7 Å². The van der Waals surface area contributed by atoms with E-state index in [1.165, 1.54) is 7.11 Å². The Hall–Kier alpha value is -1.14. The molecule has 2 amide bonds. The van der Waals surface area contributed by atoms with Crippen molar-refractivity contribution in [3.8, 4) is 0 Å². The van der Waals surface area contributed by atoms with Gasteiger partial charge in [-0.3, -0.25) is 9.59 Å². The van der Waals surface area contributed by atoms with E-state index in [-0.39, 0.29) is 24.0 Å². The number of rotatable bonds is 10. The van der Waals surface area contributed by atoms with Crippen LogP contribution in [-0.4, -0.2) is 43.3 Å². The highest BCUT2D eigenvalue weighted by molar-refractivity contribution is 5.77. The summed E-state index contributed by atoms with van der Waals surface area (Å²) in [4.78, 5) is 22.2. The summed E-state index contributed by atoms with van der Waals surface area (Å²) in [6.07, 6.45) is 1.56. The largest absolute Gasteiger partial charge is 0.375 e. The number of nitrogens with two attached hydrogens (primary N) is 1. The Kier molecular flexibility index (Phi) is 7.75. The number of ether oxygens (including phenoxy) is 2. The van der Waals surface area contributed by atoms with Crippen LogP contribution in [0.15, 0.2) is 0 Å². The Bertz CT molecular complexity index is 327. The molecule has 0 aliphatic heterocycles. The molecule has 0 aromatic rings. The number of hydrogen-bond donors (Lipinski definition) is 2. The van der Waals surface area contributed by atoms with Gasteiger partial charge in [-0.05, 0) is 40.5 Å². The quantitative estimate of drug-likeness (QED) is 0.627. The molecule has 6 nitrogen and oxygen atoms in total. The van der Waals surface area contributed by atoms with Crippen LogP contribution < -0.4 is 11.1 Å². The monoisotopic (exact) mass is 288 g/mol. The molecule has 0 rings (SSSR count). The second-order valence-electron chi connectivity index (χ2n) is 6.19. The first-order chi connectivity index (χ1) is 9.08. The Labute approximate surface area is 121 Å². The van der Waals surface area contributed by atoms with Crippen molar-refractivity contribution in [3.63, 3.8) is 0 Å². The summed E-state index contributed by atoms with van der Waals surface area (Å²) in [7, 11) is 1.48. The summed E-state index contributed by atoms with van der Waals surface area (Å²) >= 11 is 0. The molecule has 0 aromatic carbocycles. The van der Waals surface area contributed by atoms with E-state index >= 15 is 0 Å². The van der Waals surface area contributed by atoms with Crippen LogP contribution in [0, 0.1) is 0 Å². The van der Waals surface area contributed by atoms with E-state index in [0.29, 0.717) is 25.9 Å². The molecule has 0 saturated heterocycles. The van der Waals surface area contributed by atoms with Gasteiger partial charge in [-0.25, -0.2) is 0 Å². The lowest BCUT2D eigenvalue weighted by Crippen LogP contribution is -2.46. The van der Waals surface area contributed by atoms with Crippen LogP contribution in [0.5, 0.6) is 0 Å². The van der Waals surface area contributed by atoms with Gasteiger partial charge in [0.15, 0.2) is 0 Å². The first-order valence-electron chi connectivity index (χ1n) is 6.80. The van der Waals surface area contributed by atoms with Gasteiger partial charge >= 0.3 is 0 Å². The minimum absolute atomic E-state index is 0.0500. The lowest BCUT2D eigenvalue weighted by atomic mass is 9.99. The number of hydrogen-bond acceptors (Lipinski definition) is 4. The first kappa shape index (κ1) is 18.9. The molecule has 0 aromatic heterocycles. The molecule has 0 heterocycles. The second-order valence-corrected chi connectivity index (χ2v) is 6.19. The molecule has 0 bridgehead atoms. The Balaban J connectivity index is 4.07. The summed E-state index contributed by atoms with van der Waals surface area (Å²) in [6, 6.07) is 0. The standard InChI is InChI=1S/C14H28N2O4/c1-13(2,16-12(18)10-19-5)8-9-20-14(3,4)7-6-11(15)17/h6-10H2,1-5H3,(H2,15,17)(H,16,18). The zero-order chi connectivity index (χ0) is 15.8. The highest BCUT2D eigenvalue weighted by Crippen LogP contribution is 2.18. The highest BCUT2D eigenvalue weighted by Gasteiger charge is 2.23.